The molecule has 2 unspecified atom stereocenters. The number of hydrogen-bond acceptors (Lipinski definition) is 3. The highest BCUT2D eigenvalue weighted by Gasteiger charge is 2.24. The van der Waals surface area contributed by atoms with Crippen LogP contribution in [0.15, 0.2) is 0 Å². The molecule has 0 fully saturated rings. The summed E-state index contributed by atoms with van der Waals surface area (Å²) in [6.07, 6.45) is 1.47. The van der Waals surface area contributed by atoms with Gasteiger partial charge in [0.25, 0.3) is 11.7 Å². The molecule has 4 N–H and O–H groups in total. The minimum absolute atomic E-state index is 0.211. The Morgan fingerprint density at radius 3 is 1.27 bits per heavy atom. The highest BCUT2D eigenvalue weighted by atomic mass is 35.7. The standard InChI is InChI=1S/CH3Cl.Cl2H4N2O2P2S/c1-2;1-7(3,5)9-8(2,4)6/h1H3;(H2,3,5)(H2,4,6). The van der Waals surface area contributed by atoms with Crippen LogP contribution in [-0.4, -0.2) is 6.38 Å². The van der Waals surface area contributed by atoms with Crippen molar-refractivity contribution in [1.82, 2.24) is 0 Å². The molecule has 0 aliphatic carbocycles. The van der Waals surface area contributed by atoms with E-state index in [4.69, 9.17) is 33.5 Å². The molecule has 0 aromatic carbocycles. The Bertz CT molecular complexity index is 168. The first-order valence-electron chi connectivity index (χ1n) is 1.96. The second kappa shape index (κ2) is 6.11. The van der Waals surface area contributed by atoms with Crippen molar-refractivity contribution in [3.8, 4) is 0 Å². The summed E-state index contributed by atoms with van der Waals surface area (Å²) in [6.45, 7) is 0. The van der Waals surface area contributed by atoms with E-state index in [1.165, 1.54) is 6.38 Å². The summed E-state index contributed by atoms with van der Waals surface area (Å²) in [5.74, 6) is -6.84. The molecule has 0 saturated heterocycles. The zero-order chi connectivity index (χ0) is 9.71. The maximum absolute atomic E-state index is 10.4. The van der Waals surface area contributed by atoms with Gasteiger partial charge in [-0.3, -0.25) is 20.1 Å². The van der Waals surface area contributed by atoms with Crippen molar-refractivity contribution in [1.29, 1.82) is 0 Å². The molecule has 0 rings (SSSR count). The van der Waals surface area contributed by atoms with Crippen LogP contribution in [-0.2, 0) is 9.13 Å². The molecule has 10 heteroatoms. The Kier molecular flexibility index (Phi) is 8.39. The van der Waals surface area contributed by atoms with Crippen molar-refractivity contribution in [2.75, 3.05) is 6.38 Å². The average molecular weight is 279 g/mol. The predicted molar refractivity (Wildman–Crippen MR) is 54.7 cm³/mol. The van der Waals surface area contributed by atoms with Crippen LogP contribution in [0.4, 0.5) is 0 Å². The lowest BCUT2D eigenvalue weighted by Gasteiger charge is -2.03. The van der Waals surface area contributed by atoms with Gasteiger partial charge >= 0.3 is 0 Å². The minimum atomic E-state index is -3.42. The Balaban J connectivity index is 0. The molecule has 70 valence electrons. The van der Waals surface area contributed by atoms with Crippen LogP contribution >= 0.6 is 56.8 Å². The minimum Gasteiger partial charge on any atom is -0.277 e. The van der Waals surface area contributed by atoms with Crippen molar-refractivity contribution >= 4 is 56.8 Å². The maximum atomic E-state index is 10.4. The molecule has 0 spiro atoms. The molecule has 0 saturated carbocycles. The van der Waals surface area contributed by atoms with E-state index in [1.807, 2.05) is 0 Å². The van der Waals surface area contributed by atoms with Crippen LogP contribution in [0.2, 0.25) is 0 Å². The highest BCUT2D eigenvalue weighted by Crippen LogP contribution is 2.75. The molecule has 4 nitrogen and oxygen atoms in total. The number of nitrogens with two attached hydrogens (primary N) is 2. The van der Waals surface area contributed by atoms with E-state index < -0.39 is 11.7 Å². The van der Waals surface area contributed by atoms with Crippen LogP contribution in [0.5, 0.6) is 0 Å². The third-order valence-corrected chi connectivity index (χ3v) is 9.35. The van der Waals surface area contributed by atoms with E-state index in [0.29, 0.717) is 0 Å². The summed E-state index contributed by atoms with van der Waals surface area (Å²) in [6, 6.07) is 0. The largest absolute Gasteiger partial charge is 0.293 e. The summed E-state index contributed by atoms with van der Waals surface area (Å²) in [7, 11) is 0. The Hall–Kier alpha value is 1.60. The van der Waals surface area contributed by atoms with E-state index in [1.54, 1.807) is 0 Å². The molecular weight excluding hydrogens is 272 g/mol. The third-order valence-electron chi connectivity index (χ3n) is 0.223. The molecule has 0 aliphatic heterocycles. The van der Waals surface area contributed by atoms with E-state index in [2.05, 4.69) is 11.6 Å². The monoisotopic (exact) mass is 278 g/mol. The fraction of sp³-hybridized carbons (Fsp3) is 1.00. The molecule has 0 aromatic rings. The predicted octanol–water partition coefficient (Wildman–Crippen LogP) is 3.19. The normalized spacial score (nSPS) is 20.5. The molecule has 0 amide bonds. The second-order valence-corrected chi connectivity index (χ2v) is 12.8. The first kappa shape index (κ1) is 15.1. The van der Waals surface area contributed by atoms with Crippen LogP contribution in [0.25, 0.3) is 0 Å². The van der Waals surface area contributed by atoms with E-state index in [-0.39, 0.29) is 11.0 Å². The highest BCUT2D eigenvalue weighted by molar-refractivity contribution is 8.94. The smallest absolute Gasteiger partial charge is 0.277 e. The zero-order valence-corrected chi connectivity index (χ0v) is 10.3. The molecule has 0 aromatic heterocycles. The quantitative estimate of drug-likeness (QED) is 0.599. The summed E-state index contributed by atoms with van der Waals surface area (Å²) in [5.41, 5.74) is 9.54. The lowest BCUT2D eigenvalue weighted by atomic mass is 12.0. The average Bonchev–Trinajstić information content (AvgIpc) is 1.60. The summed E-state index contributed by atoms with van der Waals surface area (Å²) >= 11 is 14.8. The van der Waals surface area contributed by atoms with Crippen LogP contribution in [0.3, 0.4) is 0 Å². The number of halogens is 3. The number of alkyl halides is 1. The third kappa shape index (κ3) is 18.5. The van der Waals surface area contributed by atoms with Crippen molar-refractivity contribution < 1.29 is 9.13 Å². The van der Waals surface area contributed by atoms with Gasteiger partial charge in [-0.05, 0) is 22.5 Å². The van der Waals surface area contributed by atoms with Gasteiger partial charge in [-0.1, -0.05) is 0 Å². The van der Waals surface area contributed by atoms with Gasteiger partial charge in [0.1, 0.15) is 0 Å². The SMILES string of the molecule is CCl.NP(=O)(Cl)SP(N)(=O)Cl. The molecule has 0 bridgehead atoms. The van der Waals surface area contributed by atoms with Crippen molar-refractivity contribution in [2.24, 2.45) is 11.0 Å². The van der Waals surface area contributed by atoms with Gasteiger partial charge in [0, 0.05) is 17.4 Å². The summed E-state index contributed by atoms with van der Waals surface area (Å²) in [5, 5.41) is 0. The van der Waals surface area contributed by atoms with Gasteiger partial charge in [-0.25, -0.2) is 0 Å². The molecule has 0 radical (unpaired) electrons. The molecular formula is CH7Cl3N2O2P2S. The Morgan fingerprint density at radius 2 is 1.27 bits per heavy atom. The van der Waals surface area contributed by atoms with Crippen LogP contribution < -0.4 is 11.0 Å². The maximum Gasteiger partial charge on any atom is 0.293 e. The number of rotatable bonds is 2. The van der Waals surface area contributed by atoms with Crippen LogP contribution in [0.1, 0.15) is 0 Å². The Morgan fingerprint density at radius 1 is 1.09 bits per heavy atom. The fourth-order valence-corrected chi connectivity index (χ4v) is 9.90. The number of hydrogen-bond donors (Lipinski definition) is 2. The first-order chi connectivity index (χ1) is 4.71. The van der Waals surface area contributed by atoms with Gasteiger partial charge in [0.15, 0.2) is 0 Å². The lowest BCUT2D eigenvalue weighted by Crippen LogP contribution is -1.84. The zero-order valence-electron chi connectivity index (χ0n) is 5.41. The summed E-state index contributed by atoms with van der Waals surface area (Å²) in [4.78, 5) is 0. The first-order valence-corrected chi connectivity index (χ1v) is 10.1. The summed E-state index contributed by atoms with van der Waals surface area (Å²) < 4.78 is 20.8. The van der Waals surface area contributed by atoms with Gasteiger partial charge in [0.2, 0.25) is 0 Å². The topological polar surface area (TPSA) is 86.2 Å². The van der Waals surface area contributed by atoms with Gasteiger partial charge in [0.05, 0.1) is 0 Å². The molecule has 0 heterocycles. The molecule has 2 atom stereocenters. The van der Waals surface area contributed by atoms with Crippen molar-refractivity contribution in [2.45, 2.75) is 0 Å². The van der Waals surface area contributed by atoms with Crippen molar-refractivity contribution in [3.05, 3.63) is 0 Å². The van der Waals surface area contributed by atoms with E-state index in [9.17, 15) is 9.13 Å². The van der Waals surface area contributed by atoms with Crippen molar-refractivity contribution in [3.63, 3.8) is 0 Å². The van der Waals surface area contributed by atoms with Gasteiger partial charge in [-0.2, -0.15) is 0 Å². The van der Waals surface area contributed by atoms with E-state index in [0.717, 1.165) is 0 Å². The molecule has 11 heavy (non-hydrogen) atoms. The second-order valence-electron chi connectivity index (χ2n) is 1.12. The lowest BCUT2D eigenvalue weighted by molar-refractivity contribution is 0.593. The fourth-order valence-electron chi connectivity index (χ4n) is 0.152. The van der Waals surface area contributed by atoms with Crippen LogP contribution in [0, 0.1) is 0 Å². The van der Waals surface area contributed by atoms with Gasteiger partial charge in [-0.15, -0.1) is 11.6 Å². The van der Waals surface area contributed by atoms with Gasteiger partial charge < -0.3 is 0 Å². The van der Waals surface area contributed by atoms with E-state index >= 15 is 0 Å². The molecule has 0 aliphatic rings. The Labute approximate surface area is 83.2 Å².